The van der Waals surface area contributed by atoms with Gasteiger partial charge in [0, 0.05) is 24.7 Å². The molecule has 0 aromatic rings. The maximum Gasteiger partial charge on any atom is 0.0642 e. The van der Waals surface area contributed by atoms with Crippen molar-refractivity contribution < 1.29 is 4.74 Å². The van der Waals surface area contributed by atoms with Gasteiger partial charge in [-0.1, -0.05) is 18.2 Å². The first-order valence-electron chi connectivity index (χ1n) is 5.66. The van der Waals surface area contributed by atoms with Gasteiger partial charge in [0.1, 0.15) is 0 Å². The molecule has 0 radical (unpaired) electrons. The second-order valence-electron chi connectivity index (χ2n) is 4.42. The Hall–Kier alpha value is -0.760. The van der Waals surface area contributed by atoms with E-state index >= 15 is 0 Å². The van der Waals surface area contributed by atoms with Gasteiger partial charge in [-0.15, -0.1) is 0 Å². The molecule has 1 saturated heterocycles. The number of nitrogens with zero attached hydrogens (tertiary/aromatic N) is 1. The Morgan fingerprint density at radius 1 is 1.14 bits per heavy atom. The smallest absolute Gasteiger partial charge is 0.0642 e. The molecule has 2 unspecified atom stereocenters. The number of rotatable bonds is 1. The van der Waals surface area contributed by atoms with E-state index in [2.05, 4.69) is 23.1 Å². The molecule has 2 heteroatoms. The average Bonchev–Trinajstić information content (AvgIpc) is 2.32. The highest BCUT2D eigenvalue weighted by Crippen LogP contribution is 2.37. The van der Waals surface area contributed by atoms with Gasteiger partial charge in [-0.05, 0) is 18.8 Å². The summed E-state index contributed by atoms with van der Waals surface area (Å²) in [5.41, 5.74) is 1.58. The summed E-state index contributed by atoms with van der Waals surface area (Å²) in [4.78, 5) is 2.52. The summed E-state index contributed by atoms with van der Waals surface area (Å²) in [6.45, 7) is 3.97. The van der Waals surface area contributed by atoms with Crippen molar-refractivity contribution in [2.45, 2.75) is 12.8 Å². The number of allylic oxidation sites excluding steroid dienone is 3. The molecule has 2 atom stereocenters. The van der Waals surface area contributed by atoms with E-state index in [0.717, 1.165) is 32.2 Å². The van der Waals surface area contributed by atoms with E-state index in [-0.39, 0.29) is 0 Å². The molecule has 0 spiro atoms. The van der Waals surface area contributed by atoms with Crippen LogP contribution in [0, 0.1) is 11.8 Å². The van der Waals surface area contributed by atoms with Crippen LogP contribution in [0.15, 0.2) is 23.9 Å². The van der Waals surface area contributed by atoms with E-state index < -0.39 is 0 Å². The Morgan fingerprint density at radius 2 is 2.00 bits per heavy atom. The monoisotopic (exact) mass is 191 g/mol. The fraction of sp³-hybridized carbons (Fsp3) is 0.667. The Morgan fingerprint density at radius 3 is 2.57 bits per heavy atom. The van der Waals surface area contributed by atoms with E-state index in [4.69, 9.17) is 4.74 Å². The Labute approximate surface area is 85.2 Å². The zero-order valence-electron chi connectivity index (χ0n) is 8.48. The molecule has 0 amide bonds. The van der Waals surface area contributed by atoms with Gasteiger partial charge in [-0.25, -0.2) is 0 Å². The predicted molar refractivity (Wildman–Crippen MR) is 55.8 cm³/mol. The molecule has 2 nitrogen and oxygen atoms in total. The predicted octanol–water partition coefficient (Wildman–Crippen LogP) is 1.80. The Kier molecular flexibility index (Phi) is 2.09. The zero-order valence-corrected chi connectivity index (χ0v) is 8.48. The fourth-order valence-electron chi connectivity index (χ4n) is 2.73. The topological polar surface area (TPSA) is 12.5 Å². The van der Waals surface area contributed by atoms with E-state index in [1.165, 1.54) is 12.8 Å². The van der Waals surface area contributed by atoms with E-state index in [0.29, 0.717) is 5.92 Å². The summed E-state index contributed by atoms with van der Waals surface area (Å²) in [6, 6.07) is 0. The van der Waals surface area contributed by atoms with Crippen LogP contribution in [0.3, 0.4) is 0 Å². The van der Waals surface area contributed by atoms with Crippen molar-refractivity contribution in [2.75, 3.05) is 26.3 Å². The quantitative estimate of drug-likeness (QED) is 0.586. The standard InChI is InChI=1S/C12H17NO/c1-3-11-4-2-10(1)9-12(11)13-5-7-14-8-6-13/h1,3,9-11H,2,4-8H2. The molecule has 1 aliphatic heterocycles. The lowest BCUT2D eigenvalue weighted by atomic mass is 9.79. The molecule has 0 aromatic heterocycles. The number of hydrogen-bond acceptors (Lipinski definition) is 2. The SMILES string of the molecule is C1=CC2CCC1C=C2N1CCOCC1. The molecule has 0 aromatic carbocycles. The van der Waals surface area contributed by atoms with Crippen molar-refractivity contribution in [2.24, 2.45) is 11.8 Å². The third-order valence-electron chi connectivity index (χ3n) is 3.54. The highest BCUT2D eigenvalue weighted by Gasteiger charge is 2.28. The van der Waals surface area contributed by atoms with Gasteiger partial charge in [-0.3, -0.25) is 0 Å². The zero-order chi connectivity index (χ0) is 9.38. The van der Waals surface area contributed by atoms with Crippen LogP contribution >= 0.6 is 0 Å². The number of ether oxygens (including phenoxy) is 1. The second kappa shape index (κ2) is 3.43. The average molecular weight is 191 g/mol. The number of morpholine rings is 1. The minimum absolute atomic E-state index is 0.707. The first-order valence-corrected chi connectivity index (χ1v) is 5.66. The number of fused-ring (bicyclic) bond motifs is 1. The largest absolute Gasteiger partial charge is 0.378 e. The molecule has 2 bridgehead atoms. The first-order chi connectivity index (χ1) is 6.93. The lowest BCUT2D eigenvalue weighted by molar-refractivity contribution is 0.0479. The maximum absolute atomic E-state index is 5.38. The van der Waals surface area contributed by atoms with Crippen molar-refractivity contribution in [3.63, 3.8) is 0 Å². The van der Waals surface area contributed by atoms with Gasteiger partial charge in [-0.2, -0.15) is 0 Å². The second-order valence-corrected chi connectivity index (χ2v) is 4.42. The third-order valence-corrected chi connectivity index (χ3v) is 3.54. The minimum Gasteiger partial charge on any atom is -0.378 e. The van der Waals surface area contributed by atoms with Crippen LogP contribution < -0.4 is 0 Å². The summed E-state index contributed by atoms with van der Waals surface area (Å²) in [5.74, 6) is 1.43. The van der Waals surface area contributed by atoms with Crippen molar-refractivity contribution in [1.82, 2.24) is 4.90 Å². The normalized spacial score (nSPS) is 36.0. The molecule has 1 fully saturated rings. The molecule has 1 heterocycles. The molecule has 14 heavy (non-hydrogen) atoms. The van der Waals surface area contributed by atoms with Gasteiger partial charge in [0.05, 0.1) is 13.2 Å². The molecule has 0 saturated carbocycles. The molecule has 4 rings (SSSR count). The summed E-state index contributed by atoms with van der Waals surface area (Å²) >= 11 is 0. The fourth-order valence-corrected chi connectivity index (χ4v) is 2.73. The van der Waals surface area contributed by atoms with Crippen LogP contribution in [0.4, 0.5) is 0 Å². The number of hydrogen-bond donors (Lipinski definition) is 0. The highest BCUT2D eigenvalue weighted by molar-refractivity contribution is 5.25. The van der Waals surface area contributed by atoms with Gasteiger partial charge in [0.2, 0.25) is 0 Å². The van der Waals surface area contributed by atoms with Gasteiger partial charge in [0.15, 0.2) is 0 Å². The van der Waals surface area contributed by atoms with Crippen molar-refractivity contribution in [3.05, 3.63) is 23.9 Å². The molecule has 76 valence electrons. The minimum atomic E-state index is 0.707. The van der Waals surface area contributed by atoms with E-state index in [9.17, 15) is 0 Å². The molecule has 0 N–H and O–H groups in total. The summed E-state index contributed by atoms with van der Waals surface area (Å²) in [5, 5.41) is 0. The van der Waals surface area contributed by atoms with Crippen LogP contribution in [0.25, 0.3) is 0 Å². The van der Waals surface area contributed by atoms with Gasteiger partial charge in [0.25, 0.3) is 0 Å². The van der Waals surface area contributed by atoms with E-state index in [1.807, 2.05) is 0 Å². The Balaban J connectivity index is 1.78. The summed E-state index contributed by atoms with van der Waals surface area (Å²) in [6.07, 6.45) is 9.95. The van der Waals surface area contributed by atoms with Crippen molar-refractivity contribution >= 4 is 0 Å². The lowest BCUT2D eigenvalue weighted by Crippen LogP contribution is -2.39. The Bertz CT molecular complexity index is 276. The highest BCUT2D eigenvalue weighted by atomic mass is 16.5. The summed E-state index contributed by atoms with van der Waals surface area (Å²) < 4.78 is 5.38. The van der Waals surface area contributed by atoms with Crippen LogP contribution in [0.2, 0.25) is 0 Å². The van der Waals surface area contributed by atoms with Gasteiger partial charge < -0.3 is 9.64 Å². The molecule has 4 aliphatic rings. The van der Waals surface area contributed by atoms with Gasteiger partial charge >= 0.3 is 0 Å². The molecular weight excluding hydrogens is 174 g/mol. The van der Waals surface area contributed by atoms with Crippen LogP contribution in [-0.2, 0) is 4.74 Å². The van der Waals surface area contributed by atoms with Crippen LogP contribution in [0.1, 0.15) is 12.8 Å². The van der Waals surface area contributed by atoms with Crippen LogP contribution in [-0.4, -0.2) is 31.2 Å². The molecule has 3 aliphatic carbocycles. The van der Waals surface area contributed by atoms with E-state index in [1.54, 1.807) is 5.70 Å². The van der Waals surface area contributed by atoms with Crippen LogP contribution in [0.5, 0.6) is 0 Å². The van der Waals surface area contributed by atoms with Crippen molar-refractivity contribution in [1.29, 1.82) is 0 Å². The molecular formula is C12H17NO. The summed E-state index contributed by atoms with van der Waals surface area (Å²) in [7, 11) is 0. The van der Waals surface area contributed by atoms with Crippen molar-refractivity contribution in [3.8, 4) is 0 Å². The lowest BCUT2D eigenvalue weighted by Gasteiger charge is -2.39. The first kappa shape index (κ1) is 8.54. The maximum atomic E-state index is 5.38. The third kappa shape index (κ3) is 1.38.